The molecule has 0 radical (unpaired) electrons. The minimum absolute atomic E-state index is 0.203. The van der Waals surface area contributed by atoms with E-state index in [-0.39, 0.29) is 17.2 Å². The molecule has 1 unspecified atom stereocenters. The summed E-state index contributed by atoms with van der Waals surface area (Å²) in [5.74, 6) is -0.358. The van der Waals surface area contributed by atoms with Gasteiger partial charge < -0.3 is 15.7 Å². The number of carbonyl (C=O) groups is 1. The van der Waals surface area contributed by atoms with E-state index in [0.29, 0.717) is 31.6 Å². The first-order valence-electron chi connectivity index (χ1n) is 8.85. The summed E-state index contributed by atoms with van der Waals surface area (Å²) in [6, 6.07) is 16.0. The first-order valence-corrected chi connectivity index (χ1v) is 10.0. The molecule has 9 heteroatoms. The maximum atomic E-state index is 12.6. The van der Waals surface area contributed by atoms with Crippen LogP contribution < -0.4 is 5.73 Å². The first-order chi connectivity index (χ1) is 14.2. The van der Waals surface area contributed by atoms with Crippen molar-refractivity contribution in [3.05, 3.63) is 92.5 Å². The van der Waals surface area contributed by atoms with E-state index in [1.165, 1.54) is 18.0 Å². The highest BCUT2D eigenvalue weighted by Gasteiger charge is 2.48. The van der Waals surface area contributed by atoms with Gasteiger partial charge in [0.2, 0.25) is 0 Å². The number of rotatable bonds is 4. The lowest BCUT2D eigenvalue weighted by Crippen LogP contribution is -2.41. The summed E-state index contributed by atoms with van der Waals surface area (Å²) in [7, 11) is 1.46. The molecule has 1 amide bonds. The Morgan fingerprint density at radius 1 is 1.13 bits per heavy atom. The van der Waals surface area contributed by atoms with E-state index in [1.54, 1.807) is 54.6 Å². The highest BCUT2D eigenvalue weighted by atomic mass is 35.5. The minimum atomic E-state index is -1.80. The average Bonchev–Trinajstić information content (AvgIpc) is 2.92. The van der Waals surface area contributed by atoms with Gasteiger partial charge in [-0.1, -0.05) is 47.6 Å². The number of carbonyl (C=O) groups excluding carboxylic acids is 1. The molecule has 0 aromatic heterocycles. The summed E-state index contributed by atoms with van der Waals surface area (Å²) in [6.45, 7) is 0. The van der Waals surface area contributed by atoms with E-state index in [9.17, 15) is 20.0 Å². The molecule has 3 N–H and O–H groups in total. The number of anilines is 1. The third kappa shape index (κ3) is 3.09. The molecule has 0 bridgehead atoms. The van der Waals surface area contributed by atoms with Gasteiger partial charge in [0.1, 0.15) is 0 Å². The fourth-order valence-electron chi connectivity index (χ4n) is 3.52. The Morgan fingerprint density at radius 2 is 1.83 bits per heavy atom. The second kappa shape index (κ2) is 7.32. The third-order valence-corrected chi connectivity index (χ3v) is 6.46. The molecule has 1 heterocycles. The number of aliphatic hydroxyl groups is 1. The number of nitro groups is 1. The smallest absolute Gasteiger partial charge is 0.283 e. The molecule has 3 aromatic carbocycles. The topological polar surface area (TPSA) is 110 Å². The van der Waals surface area contributed by atoms with Crippen molar-refractivity contribution in [2.24, 2.45) is 0 Å². The molecule has 0 saturated heterocycles. The van der Waals surface area contributed by atoms with Crippen LogP contribution in [0.2, 0.25) is 5.02 Å². The molecule has 1 aliphatic rings. The van der Waals surface area contributed by atoms with Gasteiger partial charge in [-0.05, 0) is 30.3 Å². The van der Waals surface area contributed by atoms with Crippen molar-refractivity contribution in [2.45, 2.75) is 15.5 Å². The second-order valence-corrected chi connectivity index (χ2v) is 8.33. The molecular formula is C21H16ClN3O4S. The fourth-order valence-corrected chi connectivity index (χ4v) is 4.63. The monoisotopic (exact) mass is 441 g/mol. The van der Waals surface area contributed by atoms with Gasteiger partial charge in [-0.3, -0.25) is 14.9 Å². The Kier molecular flexibility index (Phi) is 4.93. The molecule has 0 aliphatic carbocycles. The van der Waals surface area contributed by atoms with Crippen molar-refractivity contribution < 1.29 is 14.8 Å². The number of amides is 1. The number of nitro benzene ring substituents is 1. The molecule has 7 nitrogen and oxygen atoms in total. The van der Waals surface area contributed by atoms with E-state index in [2.05, 4.69) is 0 Å². The molecule has 30 heavy (non-hydrogen) atoms. The number of nitrogen functional groups attached to an aromatic ring is 1. The predicted molar refractivity (Wildman–Crippen MR) is 115 cm³/mol. The van der Waals surface area contributed by atoms with Crippen LogP contribution in [0.5, 0.6) is 0 Å². The van der Waals surface area contributed by atoms with Gasteiger partial charge >= 0.3 is 0 Å². The van der Waals surface area contributed by atoms with Gasteiger partial charge in [-0.2, -0.15) is 0 Å². The van der Waals surface area contributed by atoms with Crippen LogP contribution in [-0.2, 0) is 5.72 Å². The summed E-state index contributed by atoms with van der Waals surface area (Å²) in [4.78, 5) is 26.0. The maximum Gasteiger partial charge on any atom is 0.283 e. The summed E-state index contributed by atoms with van der Waals surface area (Å²) in [6.07, 6.45) is 0. The fraction of sp³-hybridized carbons (Fsp3) is 0.0952. The van der Waals surface area contributed by atoms with E-state index >= 15 is 0 Å². The SMILES string of the molecule is CN1C(=O)c2ccccc2C1(O)c1ccc(Sc2ccc(Cl)cc2N)c([N+](=O)[O-])c1. The van der Waals surface area contributed by atoms with E-state index in [1.807, 2.05) is 0 Å². The summed E-state index contributed by atoms with van der Waals surface area (Å²) in [5, 5.41) is 23.7. The maximum absolute atomic E-state index is 12.6. The van der Waals surface area contributed by atoms with Crippen LogP contribution >= 0.6 is 23.4 Å². The molecular weight excluding hydrogens is 426 g/mol. The quantitative estimate of drug-likeness (QED) is 0.355. The first kappa shape index (κ1) is 20.2. The molecule has 0 spiro atoms. The van der Waals surface area contributed by atoms with Crippen molar-refractivity contribution in [2.75, 3.05) is 12.8 Å². The van der Waals surface area contributed by atoms with E-state index < -0.39 is 10.6 Å². The van der Waals surface area contributed by atoms with Gasteiger partial charge in [0, 0.05) is 45.4 Å². The van der Waals surface area contributed by atoms with E-state index in [4.69, 9.17) is 17.3 Å². The molecule has 1 atom stereocenters. The van der Waals surface area contributed by atoms with Crippen LogP contribution in [-0.4, -0.2) is 27.9 Å². The number of hydrogen-bond acceptors (Lipinski definition) is 6. The zero-order valence-corrected chi connectivity index (χ0v) is 17.3. The predicted octanol–water partition coefficient (Wildman–Crippen LogP) is 4.26. The van der Waals surface area contributed by atoms with Crippen molar-refractivity contribution in [3.63, 3.8) is 0 Å². The summed E-state index contributed by atoms with van der Waals surface area (Å²) >= 11 is 7.05. The minimum Gasteiger partial charge on any atom is -0.398 e. The molecule has 0 fully saturated rings. The van der Waals surface area contributed by atoms with Crippen molar-refractivity contribution in [1.82, 2.24) is 4.90 Å². The number of fused-ring (bicyclic) bond motifs is 1. The highest BCUT2D eigenvalue weighted by Crippen LogP contribution is 2.45. The number of halogens is 1. The van der Waals surface area contributed by atoms with Crippen LogP contribution in [0.3, 0.4) is 0 Å². The molecule has 0 saturated carbocycles. The second-order valence-electron chi connectivity index (χ2n) is 6.81. The Hall–Kier alpha value is -3.07. The van der Waals surface area contributed by atoms with Gasteiger partial charge in [-0.25, -0.2) is 0 Å². The van der Waals surface area contributed by atoms with Crippen molar-refractivity contribution >= 4 is 40.6 Å². The van der Waals surface area contributed by atoms with Gasteiger partial charge in [0.25, 0.3) is 11.6 Å². The molecule has 152 valence electrons. The van der Waals surface area contributed by atoms with Gasteiger partial charge in [-0.15, -0.1) is 0 Å². The highest BCUT2D eigenvalue weighted by molar-refractivity contribution is 7.99. The lowest BCUT2D eigenvalue weighted by atomic mass is 9.93. The standard InChI is InChI=1S/C21H16ClN3O4S/c1-24-20(26)14-4-2-3-5-15(14)21(24,27)12-6-8-19(17(10-12)25(28)29)30-18-9-7-13(22)11-16(18)23/h2-11,27H,23H2,1H3. The molecule has 1 aliphatic heterocycles. The molecule has 4 rings (SSSR count). The Labute approximate surface area is 181 Å². The summed E-state index contributed by atoms with van der Waals surface area (Å²) < 4.78 is 0. The lowest BCUT2D eigenvalue weighted by Gasteiger charge is -2.31. The van der Waals surface area contributed by atoms with Crippen LogP contribution in [0.1, 0.15) is 21.5 Å². The van der Waals surface area contributed by atoms with Crippen molar-refractivity contribution in [1.29, 1.82) is 0 Å². The van der Waals surface area contributed by atoms with Crippen molar-refractivity contribution in [3.8, 4) is 0 Å². The average molecular weight is 442 g/mol. The Morgan fingerprint density at radius 3 is 2.53 bits per heavy atom. The number of nitrogens with two attached hydrogens (primary N) is 1. The van der Waals surface area contributed by atoms with Crippen LogP contribution in [0.4, 0.5) is 11.4 Å². The Bertz CT molecular complexity index is 1200. The normalized spacial score (nSPS) is 17.8. The summed E-state index contributed by atoms with van der Waals surface area (Å²) in [5.41, 5.74) is 5.34. The number of hydrogen-bond donors (Lipinski definition) is 2. The third-order valence-electron chi connectivity index (χ3n) is 5.07. The zero-order valence-electron chi connectivity index (χ0n) is 15.7. The molecule has 3 aromatic rings. The van der Waals surface area contributed by atoms with Gasteiger partial charge in [0.15, 0.2) is 5.72 Å². The Balaban J connectivity index is 1.81. The number of benzene rings is 3. The van der Waals surface area contributed by atoms with Gasteiger partial charge in [0.05, 0.1) is 9.82 Å². The van der Waals surface area contributed by atoms with Crippen LogP contribution in [0.15, 0.2) is 70.5 Å². The van der Waals surface area contributed by atoms with Crippen LogP contribution in [0.25, 0.3) is 0 Å². The zero-order chi connectivity index (χ0) is 21.6. The largest absolute Gasteiger partial charge is 0.398 e. The van der Waals surface area contributed by atoms with Crippen LogP contribution in [0, 0.1) is 10.1 Å². The lowest BCUT2D eigenvalue weighted by molar-refractivity contribution is -0.387. The number of nitrogens with zero attached hydrogens (tertiary/aromatic N) is 2. The van der Waals surface area contributed by atoms with E-state index in [0.717, 1.165) is 11.8 Å².